The van der Waals surface area contributed by atoms with Crippen molar-refractivity contribution in [3.63, 3.8) is 0 Å². The van der Waals surface area contributed by atoms with Crippen molar-refractivity contribution in [2.75, 3.05) is 11.6 Å². The molecule has 0 saturated carbocycles. The predicted octanol–water partition coefficient (Wildman–Crippen LogP) is 4.54. The zero-order valence-electron chi connectivity index (χ0n) is 9.59. The highest BCUT2D eigenvalue weighted by Crippen LogP contribution is 2.34. The first-order chi connectivity index (χ1) is 8.38. The molecule has 0 radical (unpaired) electrons. The zero-order chi connectivity index (χ0) is 13.8. The van der Waals surface area contributed by atoms with Crippen molar-refractivity contribution >= 4 is 23.4 Å². The van der Waals surface area contributed by atoms with Crippen LogP contribution in [0.15, 0.2) is 23.1 Å². The van der Waals surface area contributed by atoms with Gasteiger partial charge in [-0.15, -0.1) is 23.4 Å². The van der Waals surface area contributed by atoms with E-state index in [1.165, 1.54) is 23.9 Å². The van der Waals surface area contributed by atoms with Crippen molar-refractivity contribution in [3.8, 4) is 6.07 Å². The first-order valence-electron chi connectivity index (χ1n) is 5.18. The zero-order valence-corrected chi connectivity index (χ0v) is 11.2. The highest BCUT2D eigenvalue weighted by atomic mass is 35.5. The van der Waals surface area contributed by atoms with Crippen LogP contribution in [0.5, 0.6) is 0 Å². The van der Waals surface area contributed by atoms with E-state index in [1.54, 1.807) is 6.07 Å². The fourth-order valence-corrected chi connectivity index (χ4v) is 2.43. The molecule has 1 rings (SSSR count). The summed E-state index contributed by atoms with van der Waals surface area (Å²) >= 11 is 6.94. The Morgan fingerprint density at radius 2 is 2.11 bits per heavy atom. The normalized spacial score (nSPS) is 13.1. The standard InChI is InChI=1S/C12H11ClF3NS/c1-8(5-13)7-18-10-3-2-9(6-17)11(4-10)12(14,15)16/h2-4,8H,5,7H2,1H3. The molecule has 1 aromatic rings. The van der Waals surface area contributed by atoms with Gasteiger partial charge in [-0.25, -0.2) is 0 Å². The van der Waals surface area contributed by atoms with Gasteiger partial charge in [0.2, 0.25) is 0 Å². The number of benzene rings is 1. The minimum Gasteiger partial charge on any atom is -0.192 e. The van der Waals surface area contributed by atoms with Crippen LogP contribution in [0.25, 0.3) is 0 Å². The first-order valence-corrected chi connectivity index (χ1v) is 6.70. The van der Waals surface area contributed by atoms with Crippen LogP contribution in [0.3, 0.4) is 0 Å². The van der Waals surface area contributed by atoms with Crippen LogP contribution in [0.1, 0.15) is 18.1 Å². The third-order valence-electron chi connectivity index (χ3n) is 2.21. The topological polar surface area (TPSA) is 23.8 Å². The summed E-state index contributed by atoms with van der Waals surface area (Å²) in [6.45, 7) is 1.92. The summed E-state index contributed by atoms with van der Waals surface area (Å²) in [5.41, 5.74) is -1.23. The molecule has 1 nitrogen and oxygen atoms in total. The first kappa shape index (κ1) is 15.2. The van der Waals surface area contributed by atoms with Crippen LogP contribution in [0, 0.1) is 17.2 Å². The van der Waals surface area contributed by atoms with E-state index in [2.05, 4.69) is 0 Å². The third-order valence-corrected chi connectivity index (χ3v) is 4.06. The van der Waals surface area contributed by atoms with Crippen LogP contribution in [-0.2, 0) is 6.18 Å². The second-order valence-electron chi connectivity index (χ2n) is 3.89. The predicted molar refractivity (Wildman–Crippen MR) is 66.8 cm³/mol. The van der Waals surface area contributed by atoms with Gasteiger partial charge in [0.1, 0.15) is 0 Å². The molecule has 0 aliphatic carbocycles. The number of hydrogen-bond acceptors (Lipinski definition) is 2. The second-order valence-corrected chi connectivity index (χ2v) is 5.29. The van der Waals surface area contributed by atoms with Crippen LogP contribution < -0.4 is 0 Å². The van der Waals surface area contributed by atoms with E-state index in [9.17, 15) is 13.2 Å². The van der Waals surface area contributed by atoms with Crippen LogP contribution in [0.2, 0.25) is 0 Å². The second kappa shape index (κ2) is 6.35. The average molecular weight is 294 g/mol. The van der Waals surface area contributed by atoms with E-state index in [1.807, 2.05) is 6.92 Å². The summed E-state index contributed by atoms with van der Waals surface area (Å²) in [6, 6.07) is 5.31. The molecule has 1 aromatic carbocycles. The minimum atomic E-state index is -4.50. The van der Waals surface area contributed by atoms with Crippen LogP contribution in [0.4, 0.5) is 13.2 Å². The Morgan fingerprint density at radius 3 is 2.61 bits per heavy atom. The van der Waals surface area contributed by atoms with Gasteiger partial charge in [0.15, 0.2) is 0 Å². The summed E-state index contributed by atoms with van der Waals surface area (Å²) in [4.78, 5) is 0.498. The van der Waals surface area contributed by atoms with Crippen LogP contribution >= 0.6 is 23.4 Å². The van der Waals surface area contributed by atoms with Gasteiger partial charge in [0, 0.05) is 16.5 Å². The van der Waals surface area contributed by atoms with Gasteiger partial charge in [0.25, 0.3) is 0 Å². The van der Waals surface area contributed by atoms with Crippen molar-refractivity contribution in [2.24, 2.45) is 5.92 Å². The van der Waals surface area contributed by atoms with Crippen molar-refractivity contribution in [1.82, 2.24) is 0 Å². The Labute approximate surface area is 113 Å². The van der Waals surface area contributed by atoms with Gasteiger partial charge in [-0.05, 0) is 24.1 Å². The maximum absolute atomic E-state index is 12.7. The van der Waals surface area contributed by atoms with E-state index >= 15 is 0 Å². The average Bonchev–Trinajstić information content (AvgIpc) is 2.34. The quantitative estimate of drug-likeness (QED) is 0.601. The molecule has 0 aliphatic heterocycles. The molecule has 6 heteroatoms. The molecule has 98 valence electrons. The number of thioether (sulfide) groups is 1. The highest BCUT2D eigenvalue weighted by molar-refractivity contribution is 7.99. The molecule has 0 amide bonds. The van der Waals surface area contributed by atoms with Gasteiger partial charge in [0.05, 0.1) is 17.2 Å². The maximum atomic E-state index is 12.7. The lowest BCUT2D eigenvalue weighted by atomic mass is 10.1. The fraction of sp³-hybridized carbons (Fsp3) is 0.417. The third kappa shape index (κ3) is 4.11. The molecule has 1 unspecified atom stereocenters. The Morgan fingerprint density at radius 1 is 1.44 bits per heavy atom. The minimum absolute atomic E-state index is 0.224. The molecule has 0 N–H and O–H groups in total. The largest absolute Gasteiger partial charge is 0.417 e. The molecular formula is C12H11ClF3NS. The number of alkyl halides is 4. The van der Waals surface area contributed by atoms with Gasteiger partial charge in [-0.2, -0.15) is 18.4 Å². The van der Waals surface area contributed by atoms with Crippen molar-refractivity contribution in [1.29, 1.82) is 5.26 Å². The smallest absolute Gasteiger partial charge is 0.192 e. The number of hydrogen-bond donors (Lipinski definition) is 0. The molecule has 0 aromatic heterocycles. The summed E-state index contributed by atoms with van der Waals surface area (Å²) in [6.07, 6.45) is -4.50. The monoisotopic (exact) mass is 293 g/mol. The number of nitrogens with zero attached hydrogens (tertiary/aromatic N) is 1. The lowest BCUT2D eigenvalue weighted by Gasteiger charge is -2.11. The number of nitriles is 1. The summed E-state index contributed by atoms with van der Waals surface area (Å²) in [5, 5.41) is 8.65. The fourth-order valence-electron chi connectivity index (χ4n) is 1.23. The molecule has 18 heavy (non-hydrogen) atoms. The van der Waals surface area contributed by atoms with E-state index < -0.39 is 11.7 Å². The summed E-state index contributed by atoms with van der Waals surface area (Å²) in [7, 11) is 0. The van der Waals surface area contributed by atoms with Gasteiger partial charge in [-0.1, -0.05) is 6.92 Å². The molecule has 0 heterocycles. The van der Waals surface area contributed by atoms with Gasteiger partial charge in [-0.3, -0.25) is 0 Å². The lowest BCUT2D eigenvalue weighted by molar-refractivity contribution is -0.137. The number of halogens is 4. The Hall–Kier alpha value is -0.860. The van der Waals surface area contributed by atoms with E-state index in [0.717, 1.165) is 6.07 Å². The molecule has 0 saturated heterocycles. The lowest BCUT2D eigenvalue weighted by Crippen LogP contribution is -2.08. The molecule has 0 bridgehead atoms. The number of rotatable bonds is 4. The van der Waals surface area contributed by atoms with Gasteiger partial charge < -0.3 is 0 Å². The summed E-state index contributed by atoms with van der Waals surface area (Å²) < 4.78 is 38.1. The summed E-state index contributed by atoms with van der Waals surface area (Å²) in [5.74, 6) is 1.34. The Balaban J connectivity index is 2.94. The van der Waals surface area contributed by atoms with Gasteiger partial charge >= 0.3 is 6.18 Å². The van der Waals surface area contributed by atoms with E-state index in [0.29, 0.717) is 16.5 Å². The van der Waals surface area contributed by atoms with Crippen molar-refractivity contribution in [3.05, 3.63) is 29.3 Å². The molecule has 0 spiro atoms. The molecular weight excluding hydrogens is 283 g/mol. The SMILES string of the molecule is CC(CCl)CSc1ccc(C#N)c(C(F)(F)F)c1. The Kier molecular flexibility index (Phi) is 5.36. The molecule has 1 atom stereocenters. The van der Waals surface area contributed by atoms with E-state index in [-0.39, 0.29) is 11.5 Å². The van der Waals surface area contributed by atoms with Crippen molar-refractivity contribution in [2.45, 2.75) is 18.0 Å². The highest BCUT2D eigenvalue weighted by Gasteiger charge is 2.33. The molecule has 0 aliphatic rings. The Bertz CT molecular complexity index is 454. The van der Waals surface area contributed by atoms with Crippen LogP contribution in [-0.4, -0.2) is 11.6 Å². The molecule has 0 fully saturated rings. The van der Waals surface area contributed by atoms with E-state index in [4.69, 9.17) is 16.9 Å². The van der Waals surface area contributed by atoms with Crippen molar-refractivity contribution < 1.29 is 13.2 Å². The maximum Gasteiger partial charge on any atom is 0.417 e.